The third-order valence-corrected chi connectivity index (χ3v) is 5.64. The molecular weight excluding hydrogens is 390 g/mol. The molecule has 0 saturated carbocycles. The van der Waals surface area contributed by atoms with Gasteiger partial charge in [-0.2, -0.15) is 4.48 Å². The number of rotatable bonds is 5. The second-order valence-electron chi connectivity index (χ2n) is 8.04. The van der Waals surface area contributed by atoms with Crippen LogP contribution in [0.1, 0.15) is 27.0 Å². The average molecular weight is 417 g/mol. The standard InChI is InChI=1S/C25H26N3O3/c1-27(2)25(30)28(17-20-9-6-13-26-16-20)14-12-21-10-11-22(15-23(21)24(28)29)31-18-19-7-4-3-5-8-19/h3-11,13,15-16H,12,14,17-18H2,1-2H3/q+1. The number of benzene rings is 2. The van der Waals surface area contributed by atoms with Gasteiger partial charge in [0.15, 0.2) is 0 Å². The van der Waals surface area contributed by atoms with E-state index in [4.69, 9.17) is 4.74 Å². The summed E-state index contributed by atoms with van der Waals surface area (Å²) >= 11 is 0. The molecule has 2 aromatic carbocycles. The summed E-state index contributed by atoms with van der Waals surface area (Å²) in [7, 11) is 3.38. The summed E-state index contributed by atoms with van der Waals surface area (Å²) in [5.41, 5.74) is 3.40. The van der Waals surface area contributed by atoms with E-state index in [0.717, 1.165) is 16.7 Å². The van der Waals surface area contributed by atoms with Crippen LogP contribution < -0.4 is 4.74 Å². The molecule has 0 saturated heterocycles. The van der Waals surface area contributed by atoms with Gasteiger partial charge in [0.2, 0.25) is 0 Å². The average Bonchev–Trinajstić information content (AvgIpc) is 2.80. The van der Waals surface area contributed by atoms with E-state index in [-0.39, 0.29) is 23.0 Å². The molecule has 31 heavy (non-hydrogen) atoms. The highest BCUT2D eigenvalue weighted by molar-refractivity contribution is 5.98. The summed E-state index contributed by atoms with van der Waals surface area (Å²) in [6.07, 6.45) is 4.04. The number of urea groups is 1. The van der Waals surface area contributed by atoms with Crippen LogP contribution in [0.5, 0.6) is 5.75 Å². The summed E-state index contributed by atoms with van der Waals surface area (Å²) in [6, 6.07) is 19.0. The SMILES string of the molecule is CN(C)C(=O)[N+]1(Cc2cccnc2)CCc2ccc(OCc3ccccc3)cc2C1=O. The molecule has 3 aromatic rings. The Hall–Kier alpha value is -3.51. The largest absolute Gasteiger partial charge is 0.489 e. The van der Waals surface area contributed by atoms with Gasteiger partial charge in [0.1, 0.15) is 18.9 Å². The minimum absolute atomic E-state index is 0.200. The van der Waals surface area contributed by atoms with Crippen molar-refractivity contribution in [1.29, 1.82) is 0 Å². The summed E-state index contributed by atoms with van der Waals surface area (Å²) in [5, 5.41) is 0. The molecule has 6 heteroatoms. The number of fused-ring (bicyclic) bond motifs is 1. The highest BCUT2D eigenvalue weighted by Crippen LogP contribution is 2.31. The zero-order valence-corrected chi connectivity index (χ0v) is 17.8. The first kappa shape index (κ1) is 20.8. The van der Waals surface area contributed by atoms with Crippen LogP contribution in [-0.2, 0) is 19.6 Å². The number of carbonyl (C=O) groups excluding carboxylic acids is 2. The van der Waals surface area contributed by atoms with Crippen LogP contribution in [0.25, 0.3) is 0 Å². The molecule has 1 aliphatic rings. The van der Waals surface area contributed by atoms with Crippen molar-refractivity contribution in [1.82, 2.24) is 9.88 Å². The van der Waals surface area contributed by atoms with Gasteiger partial charge >= 0.3 is 11.9 Å². The molecule has 0 aliphatic carbocycles. The van der Waals surface area contributed by atoms with Gasteiger partial charge in [0.05, 0.1) is 12.1 Å². The highest BCUT2D eigenvalue weighted by atomic mass is 16.5. The predicted molar refractivity (Wildman–Crippen MR) is 117 cm³/mol. The van der Waals surface area contributed by atoms with Gasteiger partial charge in [-0.1, -0.05) is 42.5 Å². The van der Waals surface area contributed by atoms with Crippen molar-refractivity contribution >= 4 is 11.9 Å². The molecule has 4 rings (SSSR count). The van der Waals surface area contributed by atoms with Gasteiger partial charge in [-0.3, -0.25) is 9.88 Å². The minimum Gasteiger partial charge on any atom is -0.489 e. The Bertz CT molecular complexity index is 1080. The summed E-state index contributed by atoms with van der Waals surface area (Å²) in [4.78, 5) is 32.7. The minimum atomic E-state index is -0.284. The van der Waals surface area contributed by atoms with E-state index in [2.05, 4.69) is 4.98 Å². The second kappa shape index (κ2) is 8.70. The number of hydrogen-bond donors (Lipinski definition) is 0. The van der Waals surface area contributed by atoms with Crippen LogP contribution >= 0.6 is 0 Å². The predicted octanol–water partition coefficient (Wildman–Crippen LogP) is 4.06. The number of amides is 3. The second-order valence-corrected chi connectivity index (χ2v) is 8.04. The fourth-order valence-electron chi connectivity index (χ4n) is 4.03. The molecule has 1 aromatic heterocycles. The Morgan fingerprint density at radius 2 is 1.84 bits per heavy atom. The number of aromatic nitrogens is 1. The molecule has 0 radical (unpaired) electrons. The van der Waals surface area contributed by atoms with Crippen LogP contribution in [0.3, 0.4) is 0 Å². The molecule has 1 aliphatic heterocycles. The number of quaternary nitrogens is 1. The Labute approximate surface area is 182 Å². The number of ether oxygens (including phenoxy) is 1. The lowest BCUT2D eigenvalue weighted by Gasteiger charge is -2.38. The lowest BCUT2D eigenvalue weighted by molar-refractivity contribution is -0.786. The van der Waals surface area contributed by atoms with Crippen molar-refractivity contribution in [3.63, 3.8) is 0 Å². The fraction of sp³-hybridized carbons (Fsp3) is 0.240. The third kappa shape index (κ3) is 4.20. The molecule has 1 unspecified atom stereocenters. The molecule has 0 bridgehead atoms. The van der Waals surface area contributed by atoms with Crippen LogP contribution in [0.4, 0.5) is 4.79 Å². The Kier molecular flexibility index (Phi) is 5.82. The number of carbonyl (C=O) groups is 2. The van der Waals surface area contributed by atoms with E-state index < -0.39 is 0 Å². The van der Waals surface area contributed by atoms with E-state index >= 15 is 0 Å². The number of imide groups is 1. The maximum Gasteiger partial charge on any atom is 0.426 e. The van der Waals surface area contributed by atoms with Crippen molar-refractivity contribution in [2.45, 2.75) is 19.6 Å². The van der Waals surface area contributed by atoms with E-state index in [1.807, 2.05) is 54.6 Å². The Morgan fingerprint density at radius 1 is 1.06 bits per heavy atom. The van der Waals surface area contributed by atoms with Gasteiger partial charge in [0, 0.05) is 38.5 Å². The van der Waals surface area contributed by atoms with Gasteiger partial charge in [-0.05, 0) is 29.3 Å². The molecule has 3 amide bonds. The van der Waals surface area contributed by atoms with Gasteiger partial charge in [-0.25, -0.2) is 9.59 Å². The summed E-state index contributed by atoms with van der Waals surface area (Å²) < 4.78 is 5.65. The fourth-order valence-corrected chi connectivity index (χ4v) is 4.03. The Morgan fingerprint density at radius 3 is 2.55 bits per heavy atom. The van der Waals surface area contributed by atoms with Crippen LogP contribution in [0, 0.1) is 0 Å². The van der Waals surface area contributed by atoms with Crippen molar-refractivity contribution in [3.8, 4) is 5.75 Å². The molecule has 0 N–H and O–H groups in total. The van der Waals surface area contributed by atoms with Crippen LogP contribution in [0.15, 0.2) is 73.1 Å². The maximum absolute atomic E-state index is 13.8. The molecule has 6 nitrogen and oxygen atoms in total. The number of pyridine rings is 1. The molecule has 158 valence electrons. The summed E-state index contributed by atoms with van der Waals surface area (Å²) in [6.45, 7) is 1.11. The molecule has 1 atom stereocenters. The number of hydrogen-bond acceptors (Lipinski definition) is 4. The van der Waals surface area contributed by atoms with Crippen molar-refractivity contribution < 1.29 is 18.8 Å². The van der Waals surface area contributed by atoms with E-state index in [0.29, 0.717) is 30.9 Å². The normalized spacial score (nSPS) is 17.7. The van der Waals surface area contributed by atoms with E-state index in [1.54, 1.807) is 32.6 Å². The lowest BCUT2D eigenvalue weighted by Crippen LogP contribution is -2.62. The Balaban J connectivity index is 1.65. The first-order valence-electron chi connectivity index (χ1n) is 10.3. The molecule has 0 fully saturated rings. The van der Waals surface area contributed by atoms with Crippen molar-refractivity contribution in [2.24, 2.45) is 0 Å². The highest BCUT2D eigenvalue weighted by Gasteiger charge is 2.49. The maximum atomic E-state index is 13.8. The molecular formula is C25H26N3O3+. The quantitative estimate of drug-likeness (QED) is 0.589. The van der Waals surface area contributed by atoms with E-state index in [9.17, 15) is 9.59 Å². The van der Waals surface area contributed by atoms with Crippen LogP contribution in [-0.4, -0.2) is 46.9 Å². The van der Waals surface area contributed by atoms with Gasteiger partial charge in [-0.15, -0.1) is 0 Å². The first-order chi connectivity index (χ1) is 15.0. The monoisotopic (exact) mass is 416 g/mol. The van der Waals surface area contributed by atoms with E-state index in [1.165, 1.54) is 4.90 Å². The zero-order valence-electron chi connectivity index (χ0n) is 17.8. The lowest BCUT2D eigenvalue weighted by atomic mass is 9.95. The smallest absolute Gasteiger partial charge is 0.426 e. The first-order valence-corrected chi connectivity index (χ1v) is 10.3. The summed E-state index contributed by atoms with van der Waals surface area (Å²) in [5.74, 6) is 0.420. The molecule has 0 spiro atoms. The third-order valence-electron chi connectivity index (χ3n) is 5.64. The van der Waals surface area contributed by atoms with Crippen molar-refractivity contribution in [2.75, 3.05) is 20.6 Å². The van der Waals surface area contributed by atoms with Gasteiger partial charge < -0.3 is 4.74 Å². The molecule has 2 heterocycles. The topological polar surface area (TPSA) is 59.5 Å². The van der Waals surface area contributed by atoms with Crippen molar-refractivity contribution in [3.05, 3.63) is 95.3 Å². The van der Waals surface area contributed by atoms with Gasteiger partial charge in [0.25, 0.3) is 0 Å². The zero-order chi connectivity index (χ0) is 21.8. The number of nitrogens with zero attached hydrogens (tertiary/aromatic N) is 3. The van der Waals surface area contributed by atoms with Crippen LogP contribution in [0.2, 0.25) is 0 Å².